The lowest BCUT2D eigenvalue weighted by Crippen LogP contribution is -2.50. The summed E-state index contributed by atoms with van der Waals surface area (Å²) in [5, 5.41) is 16.4. The third-order valence-electron chi connectivity index (χ3n) is 6.03. The van der Waals surface area contributed by atoms with E-state index in [0.29, 0.717) is 42.1 Å². The van der Waals surface area contributed by atoms with Crippen LogP contribution in [0.1, 0.15) is 31.9 Å². The molecule has 1 aliphatic heterocycles. The molecule has 168 valence electrons. The number of carbonyl (C=O) groups is 1. The number of amides is 1. The number of aryl methyl sites for hydroxylation is 1. The van der Waals surface area contributed by atoms with Crippen molar-refractivity contribution in [1.29, 1.82) is 5.26 Å². The molecule has 4 rings (SSSR count). The van der Waals surface area contributed by atoms with Crippen molar-refractivity contribution in [3.05, 3.63) is 48.4 Å². The maximum atomic E-state index is 13.3. The molecule has 1 aromatic carbocycles. The number of carbonyl (C=O) groups excluding carboxylic acids is 1. The number of benzene rings is 1. The fraction of sp³-hybridized carbons (Fsp3) is 0.409. The van der Waals surface area contributed by atoms with Gasteiger partial charge in [0.2, 0.25) is 15.9 Å². The maximum absolute atomic E-state index is 13.3. The number of nitrogens with zero attached hydrogens (tertiary/aromatic N) is 4. The molecule has 0 aliphatic carbocycles. The summed E-state index contributed by atoms with van der Waals surface area (Å²) in [6.45, 7) is 3.73. The summed E-state index contributed by atoms with van der Waals surface area (Å²) < 4.78 is 31.0. The molecule has 2 N–H and O–H groups in total. The zero-order valence-electron chi connectivity index (χ0n) is 17.9. The van der Waals surface area contributed by atoms with Crippen LogP contribution in [0.4, 0.5) is 0 Å². The molecule has 1 fully saturated rings. The summed E-state index contributed by atoms with van der Waals surface area (Å²) in [5.74, 6) is 0.316. The molecule has 3 aromatic rings. The Morgan fingerprint density at radius 1 is 1.31 bits per heavy atom. The molecule has 2 aromatic heterocycles. The number of piperidine rings is 1. The molecular weight excluding hydrogens is 428 g/mol. The highest BCUT2D eigenvalue weighted by Crippen LogP contribution is 2.23. The molecule has 0 radical (unpaired) electrons. The Morgan fingerprint density at radius 3 is 2.84 bits per heavy atom. The molecule has 1 aliphatic rings. The van der Waals surface area contributed by atoms with E-state index in [2.05, 4.69) is 27.9 Å². The Kier molecular flexibility index (Phi) is 6.30. The molecule has 1 amide bonds. The zero-order chi connectivity index (χ0) is 22.7. The second-order valence-electron chi connectivity index (χ2n) is 8.26. The molecule has 9 nitrogen and oxygen atoms in total. The van der Waals surface area contributed by atoms with E-state index in [1.54, 1.807) is 39.9 Å². The fourth-order valence-corrected chi connectivity index (χ4v) is 5.52. The largest absolute Gasteiger partial charge is 0.341 e. The number of rotatable bonds is 7. The van der Waals surface area contributed by atoms with Crippen LogP contribution in [0.2, 0.25) is 0 Å². The van der Waals surface area contributed by atoms with Crippen molar-refractivity contribution < 1.29 is 13.2 Å². The van der Waals surface area contributed by atoms with Crippen molar-refractivity contribution in [2.24, 2.45) is 5.92 Å². The summed E-state index contributed by atoms with van der Waals surface area (Å²) in [6, 6.07) is 9.49. The summed E-state index contributed by atoms with van der Waals surface area (Å²) >= 11 is 0. The molecule has 0 spiro atoms. The summed E-state index contributed by atoms with van der Waals surface area (Å²) in [7, 11) is -3.99. The molecule has 0 bridgehead atoms. The number of nitriles is 1. The predicted octanol–water partition coefficient (Wildman–Crippen LogP) is 2.23. The van der Waals surface area contributed by atoms with Gasteiger partial charge in [-0.05, 0) is 49.4 Å². The van der Waals surface area contributed by atoms with Crippen molar-refractivity contribution in [3.8, 4) is 6.07 Å². The minimum Gasteiger partial charge on any atom is -0.341 e. The number of aromatic nitrogens is 3. The molecule has 1 saturated heterocycles. The fourth-order valence-electron chi connectivity index (χ4n) is 4.09. The lowest BCUT2D eigenvalue weighted by Gasteiger charge is -2.33. The third-order valence-corrected chi connectivity index (χ3v) is 7.56. The van der Waals surface area contributed by atoms with Crippen LogP contribution in [0, 0.1) is 17.2 Å². The van der Waals surface area contributed by atoms with E-state index in [-0.39, 0.29) is 17.2 Å². The molecule has 1 unspecified atom stereocenters. The van der Waals surface area contributed by atoms with Crippen LogP contribution in [-0.2, 0) is 21.4 Å². The Hall–Kier alpha value is -3.16. The van der Waals surface area contributed by atoms with Crippen molar-refractivity contribution in [3.63, 3.8) is 0 Å². The Balaban J connectivity index is 1.60. The van der Waals surface area contributed by atoms with Gasteiger partial charge in [0.1, 0.15) is 17.8 Å². The van der Waals surface area contributed by atoms with Crippen LogP contribution in [0.25, 0.3) is 10.9 Å². The Morgan fingerprint density at radius 2 is 2.09 bits per heavy atom. The highest BCUT2D eigenvalue weighted by atomic mass is 32.2. The van der Waals surface area contributed by atoms with Gasteiger partial charge in [-0.3, -0.25) is 9.89 Å². The highest BCUT2D eigenvalue weighted by molar-refractivity contribution is 7.89. The quantitative estimate of drug-likeness (QED) is 0.567. The van der Waals surface area contributed by atoms with Gasteiger partial charge in [0.05, 0.1) is 16.6 Å². The first-order chi connectivity index (χ1) is 15.4. The van der Waals surface area contributed by atoms with Gasteiger partial charge in [0, 0.05) is 31.2 Å². The van der Waals surface area contributed by atoms with Crippen LogP contribution in [0.3, 0.4) is 0 Å². The average molecular weight is 455 g/mol. The van der Waals surface area contributed by atoms with Gasteiger partial charge in [0.25, 0.3) is 0 Å². The van der Waals surface area contributed by atoms with Crippen molar-refractivity contribution in [2.45, 2.75) is 43.7 Å². The first kappa shape index (κ1) is 22.0. The number of hydrogen-bond acceptors (Lipinski definition) is 5. The number of fused-ring (bicyclic) bond motifs is 1. The van der Waals surface area contributed by atoms with Gasteiger partial charge < -0.3 is 9.47 Å². The number of aromatic amines is 1. The zero-order valence-corrected chi connectivity index (χ0v) is 18.7. The molecule has 1 atom stereocenters. The minimum absolute atomic E-state index is 0.0764. The first-order valence-electron chi connectivity index (χ1n) is 10.7. The van der Waals surface area contributed by atoms with E-state index in [1.165, 1.54) is 12.3 Å². The van der Waals surface area contributed by atoms with E-state index >= 15 is 0 Å². The average Bonchev–Trinajstić information content (AvgIpc) is 3.45. The van der Waals surface area contributed by atoms with E-state index in [4.69, 9.17) is 0 Å². The van der Waals surface area contributed by atoms with Crippen LogP contribution in [-0.4, -0.2) is 53.1 Å². The normalized spacial score (nSPS) is 16.2. The van der Waals surface area contributed by atoms with E-state index in [1.807, 2.05) is 0 Å². The van der Waals surface area contributed by atoms with Gasteiger partial charge in [-0.1, -0.05) is 13.0 Å². The molecule has 3 heterocycles. The number of likely N-dealkylation sites (tertiary alicyclic amines) is 1. The van der Waals surface area contributed by atoms with Gasteiger partial charge in [-0.25, -0.2) is 8.42 Å². The summed E-state index contributed by atoms with van der Waals surface area (Å²) in [4.78, 5) is 15.2. The van der Waals surface area contributed by atoms with Crippen LogP contribution < -0.4 is 4.72 Å². The van der Waals surface area contributed by atoms with Crippen LogP contribution >= 0.6 is 0 Å². The third kappa shape index (κ3) is 4.54. The number of nitrogens with one attached hydrogen (secondary N) is 2. The Bertz CT molecular complexity index is 1250. The second-order valence-corrected chi connectivity index (χ2v) is 9.94. The van der Waals surface area contributed by atoms with E-state index < -0.39 is 16.1 Å². The molecule has 32 heavy (non-hydrogen) atoms. The first-order valence-corrected chi connectivity index (χ1v) is 12.2. The minimum atomic E-state index is -3.99. The second kappa shape index (κ2) is 9.14. The monoisotopic (exact) mass is 454 g/mol. The van der Waals surface area contributed by atoms with Crippen LogP contribution in [0.5, 0.6) is 0 Å². The van der Waals surface area contributed by atoms with Crippen molar-refractivity contribution in [2.75, 3.05) is 13.1 Å². The highest BCUT2D eigenvalue weighted by Gasteiger charge is 2.31. The SMILES string of the molecule is CC1CCN(C(=O)C(CCn2cccc2C#N)NS(=O)(=O)c2cccc3[nH]ncc23)CC1. The van der Waals surface area contributed by atoms with Crippen LogP contribution in [0.15, 0.2) is 47.6 Å². The van der Waals surface area contributed by atoms with Gasteiger partial charge in [-0.2, -0.15) is 15.1 Å². The van der Waals surface area contributed by atoms with Crippen molar-refractivity contribution >= 4 is 26.8 Å². The van der Waals surface area contributed by atoms with Gasteiger partial charge >= 0.3 is 0 Å². The van der Waals surface area contributed by atoms with E-state index in [9.17, 15) is 18.5 Å². The maximum Gasteiger partial charge on any atom is 0.242 e. The smallest absolute Gasteiger partial charge is 0.242 e. The number of sulfonamides is 1. The Labute approximate surface area is 187 Å². The lowest BCUT2D eigenvalue weighted by atomic mass is 9.98. The number of hydrogen-bond donors (Lipinski definition) is 2. The number of H-pyrrole nitrogens is 1. The standard InChI is InChI=1S/C22H26N6O3S/c1-16-7-11-28(12-8-16)22(29)20(9-13-27-10-3-4-17(27)14-23)26-32(30,31)21-6-2-5-19-18(21)15-24-25-19/h2-6,10,15-16,20,26H,7-9,11-13H2,1H3,(H,24,25). The van der Waals surface area contributed by atoms with Crippen molar-refractivity contribution in [1.82, 2.24) is 24.4 Å². The lowest BCUT2D eigenvalue weighted by molar-refractivity contribution is -0.134. The van der Waals surface area contributed by atoms with Gasteiger partial charge in [0.15, 0.2) is 0 Å². The topological polar surface area (TPSA) is 124 Å². The molecular formula is C22H26N6O3S. The van der Waals surface area contributed by atoms with Gasteiger partial charge in [-0.15, -0.1) is 0 Å². The molecule has 10 heteroatoms. The van der Waals surface area contributed by atoms with E-state index in [0.717, 1.165) is 12.8 Å². The summed E-state index contributed by atoms with van der Waals surface area (Å²) in [6.07, 6.45) is 5.25. The predicted molar refractivity (Wildman–Crippen MR) is 119 cm³/mol. The molecule has 0 saturated carbocycles. The summed E-state index contributed by atoms with van der Waals surface area (Å²) in [5.41, 5.74) is 1.07.